The van der Waals surface area contributed by atoms with Crippen molar-refractivity contribution in [3.8, 4) is 5.75 Å². The van der Waals surface area contributed by atoms with E-state index in [0.29, 0.717) is 21.8 Å². The first-order chi connectivity index (χ1) is 15.3. The number of hydrogen-bond donors (Lipinski definition) is 3. The molecular formula is C21H15ClN4O4S2. The topological polar surface area (TPSA) is 113 Å². The number of anilines is 1. The lowest BCUT2D eigenvalue weighted by atomic mass is 10.1. The van der Waals surface area contributed by atoms with Crippen molar-refractivity contribution < 1.29 is 13.5 Å². The van der Waals surface area contributed by atoms with Crippen LogP contribution in [0.1, 0.15) is 10.4 Å². The van der Waals surface area contributed by atoms with Gasteiger partial charge in [-0.3, -0.25) is 4.79 Å². The van der Waals surface area contributed by atoms with Crippen LogP contribution < -0.4 is 16.3 Å². The van der Waals surface area contributed by atoms with Crippen molar-refractivity contribution in [2.24, 2.45) is 4.40 Å². The normalized spacial score (nSPS) is 14.5. The molecule has 0 atom stereocenters. The van der Waals surface area contributed by atoms with E-state index in [9.17, 15) is 18.3 Å². The number of aromatic nitrogens is 1. The Balaban J connectivity index is 1.69. The van der Waals surface area contributed by atoms with Crippen LogP contribution >= 0.6 is 22.9 Å². The van der Waals surface area contributed by atoms with E-state index < -0.39 is 15.6 Å². The van der Waals surface area contributed by atoms with Crippen LogP contribution in [0.15, 0.2) is 74.8 Å². The van der Waals surface area contributed by atoms with E-state index >= 15 is 0 Å². The molecule has 3 N–H and O–H groups in total. The first kappa shape index (κ1) is 20.6. The van der Waals surface area contributed by atoms with Gasteiger partial charge in [-0.1, -0.05) is 35.9 Å². The summed E-state index contributed by atoms with van der Waals surface area (Å²) in [4.78, 5) is 14.3. The number of hydrogen-bond acceptors (Lipinski definition) is 7. The fraction of sp³-hybridized carbons (Fsp3) is 0.0476. The average molecular weight is 487 g/mol. The summed E-state index contributed by atoms with van der Waals surface area (Å²) < 4.78 is 31.1. The first-order valence-corrected chi connectivity index (χ1v) is 12.0. The molecule has 3 heterocycles. The number of halogens is 1. The number of pyridine rings is 1. The Kier molecular flexibility index (Phi) is 4.92. The zero-order valence-electron chi connectivity index (χ0n) is 16.2. The highest BCUT2D eigenvalue weighted by Crippen LogP contribution is 2.32. The van der Waals surface area contributed by atoms with Crippen LogP contribution in [-0.4, -0.2) is 24.0 Å². The quantitative estimate of drug-likeness (QED) is 0.405. The number of nitrogens with one attached hydrogen (secondary N) is 2. The maximum atomic E-state index is 13.5. The van der Waals surface area contributed by atoms with Gasteiger partial charge in [-0.05, 0) is 36.4 Å². The fourth-order valence-corrected chi connectivity index (χ4v) is 5.67. The number of nitrogens with zero attached hydrogens (tertiary/aromatic N) is 2. The fourth-order valence-electron chi connectivity index (χ4n) is 3.52. The van der Waals surface area contributed by atoms with Crippen molar-refractivity contribution >= 4 is 55.4 Å². The molecule has 162 valence electrons. The third kappa shape index (κ3) is 3.42. The standard InChI is InChI=1S/C21H15ClN4O4S2/c22-17-10-9-12(31-17)11-23-26-15-7-3-1-5-13(15)19(27)18(21(26)28)20-24-14-6-2-4-8-16(14)32(29,30)25-20/h1-10,23,27H,11H2,(H,24,25). The van der Waals surface area contributed by atoms with Crippen molar-refractivity contribution in [1.82, 2.24) is 4.68 Å². The Morgan fingerprint density at radius 1 is 1.09 bits per heavy atom. The minimum absolute atomic E-state index is 0.00273. The highest BCUT2D eigenvalue weighted by Gasteiger charge is 2.29. The summed E-state index contributed by atoms with van der Waals surface area (Å²) in [6.07, 6.45) is 0. The lowest BCUT2D eigenvalue weighted by Crippen LogP contribution is -2.36. The predicted molar refractivity (Wildman–Crippen MR) is 126 cm³/mol. The minimum atomic E-state index is -4.06. The summed E-state index contributed by atoms with van der Waals surface area (Å²) in [6.45, 7) is 0.298. The van der Waals surface area contributed by atoms with Gasteiger partial charge in [-0.2, -0.15) is 8.42 Å². The number of sulfonamides is 1. The van der Waals surface area contributed by atoms with Crippen LogP contribution in [0, 0.1) is 0 Å². The molecule has 1 aliphatic rings. The zero-order chi connectivity index (χ0) is 22.5. The summed E-state index contributed by atoms with van der Waals surface area (Å²) in [5.41, 5.74) is 2.85. The van der Waals surface area contributed by atoms with E-state index in [0.717, 1.165) is 4.88 Å². The van der Waals surface area contributed by atoms with E-state index in [-0.39, 0.29) is 27.7 Å². The average Bonchev–Trinajstić information content (AvgIpc) is 3.18. The van der Waals surface area contributed by atoms with Gasteiger partial charge in [0.15, 0.2) is 5.84 Å². The van der Waals surface area contributed by atoms with E-state index in [4.69, 9.17) is 11.6 Å². The van der Waals surface area contributed by atoms with Crippen LogP contribution in [-0.2, 0) is 16.6 Å². The second kappa shape index (κ2) is 7.66. The van der Waals surface area contributed by atoms with Gasteiger partial charge in [-0.15, -0.1) is 15.7 Å². The summed E-state index contributed by atoms with van der Waals surface area (Å²) in [7, 11) is -4.06. The van der Waals surface area contributed by atoms with Crippen LogP contribution in [0.3, 0.4) is 0 Å². The van der Waals surface area contributed by atoms with Crippen molar-refractivity contribution in [2.75, 3.05) is 10.7 Å². The molecule has 0 radical (unpaired) electrons. The number of fused-ring (bicyclic) bond motifs is 2. The molecule has 5 rings (SSSR count). The van der Waals surface area contributed by atoms with Gasteiger partial charge in [0.05, 0.1) is 22.1 Å². The first-order valence-electron chi connectivity index (χ1n) is 9.41. The van der Waals surface area contributed by atoms with Crippen LogP contribution in [0.2, 0.25) is 4.34 Å². The molecule has 2 aromatic carbocycles. The molecule has 0 bridgehead atoms. The van der Waals surface area contributed by atoms with Crippen LogP contribution in [0.25, 0.3) is 10.9 Å². The predicted octanol–water partition coefficient (Wildman–Crippen LogP) is 3.73. The monoisotopic (exact) mass is 486 g/mol. The lowest BCUT2D eigenvalue weighted by Gasteiger charge is -2.20. The van der Waals surface area contributed by atoms with Crippen molar-refractivity contribution in [3.05, 3.63) is 85.8 Å². The van der Waals surface area contributed by atoms with E-state index in [1.807, 2.05) is 6.07 Å². The summed E-state index contributed by atoms with van der Waals surface area (Å²) >= 11 is 7.36. The maximum Gasteiger partial charge on any atom is 0.286 e. The maximum absolute atomic E-state index is 13.5. The van der Waals surface area contributed by atoms with Gasteiger partial charge in [-0.25, -0.2) is 4.68 Å². The molecule has 8 nitrogen and oxygen atoms in total. The lowest BCUT2D eigenvalue weighted by molar-refractivity contribution is 0.478. The molecule has 0 saturated carbocycles. The Labute approximate surface area is 191 Å². The summed E-state index contributed by atoms with van der Waals surface area (Å²) in [5, 5.41) is 14.2. The Morgan fingerprint density at radius 3 is 2.62 bits per heavy atom. The van der Waals surface area contributed by atoms with Gasteiger partial charge < -0.3 is 15.8 Å². The molecule has 0 aliphatic carbocycles. The van der Waals surface area contributed by atoms with Crippen molar-refractivity contribution in [2.45, 2.75) is 11.4 Å². The number of aromatic hydroxyl groups is 1. The largest absolute Gasteiger partial charge is 0.506 e. The highest BCUT2D eigenvalue weighted by atomic mass is 35.5. The molecule has 0 amide bonds. The molecule has 2 aromatic heterocycles. The van der Waals surface area contributed by atoms with Crippen LogP contribution in [0.4, 0.5) is 5.69 Å². The molecule has 0 saturated heterocycles. The molecule has 32 heavy (non-hydrogen) atoms. The zero-order valence-corrected chi connectivity index (χ0v) is 18.6. The molecule has 0 unspecified atom stereocenters. The van der Waals surface area contributed by atoms with Crippen molar-refractivity contribution in [1.29, 1.82) is 0 Å². The van der Waals surface area contributed by atoms with Gasteiger partial charge in [0.25, 0.3) is 15.6 Å². The number of para-hydroxylation sites is 2. The smallest absolute Gasteiger partial charge is 0.286 e. The molecule has 11 heteroatoms. The molecule has 0 fully saturated rings. The highest BCUT2D eigenvalue weighted by molar-refractivity contribution is 7.90. The Hall–Kier alpha value is -3.34. The third-order valence-electron chi connectivity index (χ3n) is 4.96. The Bertz CT molecular complexity index is 1570. The van der Waals surface area contributed by atoms with Crippen LogP contribution in [0.5, 0.6) is 5.75 Å². The Morgan fingerprint density at radius 2 is 1.84 bits per heavy atom. The second-order valence-corrected chi connectivity index (χ2v) is 10.3. The molecule has 4 aromatic rings. The molecular weight excluding hydrogens is 472 g/mol. The SMILES string of the molecule is O=c1c(C2=NS(=O)(=O)c3ccccc3N2)c(O)c2ccccc2n1NCc1ccc(Cl)s1. The minimum Gasteiger partial charge on any atom is -0.506 e. The van der Waals surface area contributed by atoms with E-state index in [1.165, 1.54) is 22.1 Å². The number of rotatable bonds is 4. The number of benzene rings is 2. The van der Waals surface area contributed by atoms with E-state index in [2.05, 4.69) is 15.1 Å². The number of amidine groups is 1. The van der Waals surface area contributed by atoms with Gasteiger partial charge in [0, 0.05) is 10.3 Å². The van der Waals surface area contributed by atoms with E-state index in [1.54, 1.807) is 48.5 Å². The van der Waals surface area contributed by atoms with Gasteiger partial charge in [0.1, 0.15) is 16.2 Å². The number of thiophene rings is 1. The second-order valence-electron chi connectivity index (χ2n) is 6.96. The van der Waals surface area contributed by atoms with Gasteiger partial charge >= 0.3 is 0 Å². The van der Waals surface area contributed by atoms with Crippen molar-refractivity contribution in [3.63, 3.8) is 0 Å². The third-order valence-corrected chi connectivity index (χ3v) is 7.53. The summed E-state index contributed by atoms with van der Waals surface area (Å²) in [6, 6.07) is 16.6. The molecule has 0 spiro atoms. The summed E-state index contributed by atoms with van der Waals surface area (Å²) in [5.74, 6) is -0.602. The van der Waals surface area contributed by atoms with Gasteiger partial charge in [0.2, 0.25) is 0 Å². The molecule has 1 aliphatic heterocycles.